The average molecular weight is 390 g/mol. The molecule has 1 amide bonds. The lowest BCUT2D eigenvalue weighted by molar-refractivity contribution is 0.0585. The number of piperidine rings is 1. The number of nitrogens with zero attached hydrogens (tertiary/aromatic N) is 5. The van der Waals surface area contributed by atoms with E-state index in [0.29, 0.717) is 36.8 Å². The fourth-order valence-electron chi connectivity index (χ4n) is 4.65. The Balaban J connectivity index is 1.51. The number of anilines is 1. The number of aryl methyl sites for hydroxylation is 1. The zero-order valence-corrected chi connectivity index (χ0v) is 16.2. The monoisotopic (exact) mass is 390 g/mol. The summed E-state index contributed by atoms with van der Waals surface area (Å²) >= 11 is 0. The molecule has 1 saturated heterocycles. The topological polar surface area (TPSA) is 99.0 Å². The number of rotatable bonds is 2. The van der Waals surface area contributed by atoms with Gasteiger partial charge < -0.3 is 19.8 Å². The van der Waals surface area contributed by atoms with E-state index < -0.39 is 0 Å². The standard InChI is InChI=1S/C21H22N6O2/c1-25-4-2-3-17(25)21(29)26-9-13-5-15(11-26)18-6-14(7-20(28)27(18)10-13)16-8-19(22)24-12-23-16/h2-4,6-8,12-13,15H,5,9-11H2,1H3,(H2,22,23,24)/t13-,15+/m0/s1. The molecule has 1 fully saturated rings. The van der Waals surface area contributed by atoms with Crippen LogP contribution in [0.5, 0.6) is 0 Å². The summed E-state index contributed by atoms with van der Waals surface area (Å²) < 4.78 is 3.71. The molecule has 0 unspecified atom stereocenters. The fraction of sp³-hybridized carbons (Fsp3) is 0.333. The summed E-state index contributed by atoms with van der Waals surface area (Å²) in [4.78, 5) is 36.0. The summed E-state index contributed by atoms with van der Waals surface area (Å²) in [5, 5.41) is 0. The number of hydrogen-bond donors (Lipinski definition) is 1. The summed E-state index contributed by atoms with van der Waals surface area (Å²) in [5.41, 5.74) is 8.77. The largest absolute Gasteiger partial charge is 0.384 e. The van der Waals surface area contributed by atoms with Gasteiger partial charge in [-0.15, -0.1) is 0 Å². The highest BCUT2D eigenvalue weighted by atomic mass is 16.2. The highest BCUT2D eigenvalue weighted by Gasteiger charge is 2.37. The van der Waals surface area contributed by atoms with Gasteiger partial charge in [0.1, 0.15) is 17.8 Å². The molecule has 8 nitrogen and oxygen atoms in total. The minimum absolute atomic E-state index is 0.0356. The Morgan fingerprint density at radius 3 is 2.79 bits per heavy atom. The maximum atomic E-state index is 13.0. The number of hydrogen-bond acceptors (Lipinski definition) is 5. The highest BCUT2D eigenvalue weighted by molar-refractivity contribution is 5.93. The summed E-state index contributed by atoms with van der Waals surface area (Å²) in [5.74, 6) is 0.815. The molecule has 3 aromatic rings. The smallest absolute Gasteiger partial charge is 0.270 e. The minimum Gasteiger partial charge on any atom is -0.384 e. The molecule has 2 atom stereocenters. The number of fused-ring (bicyclic) bond motifs is 4. The van der Waals surface area contributed by atoms with Crippen molar-refractivity contribution in [1.82, 2.24) is 24.0 Å². The first-order valence-electron chi connectivity index (χ1n) is 9.73. The van der Waals surface area contributed by atoms with Gasteiger partial charge in [-0.1, -0.05) is 0 Å². The second-order valence-corrected chi connectivity index (χ2v) is 7.96. The first-order valence-corrected chi connectivity index (χ1v) is 9.73. The first-order chi connectivity index (χ1) is 14.0. The Morgan fingerprint density at radius 2 is 2.03 bits per heavy atom. The van der Waals surface area contributed by atoms with Gasteiger partial charge in [0.25, 0.3) is 11.5 Å². The SMILES string of the molecule is Cn1cccc1C(=O)N1C[C@@H]2C[C@H](C1)c1cc(-c3cc(N)ncn3)cc(=O)n1C2. The van der Waals surface area contributed by atoms with Crippen LogP contribution in [0.1, 0.15) is 28.5 Å². The van der Waals surface area contributed by atoms with Crippen LogP contribution in [0.2, 0.25) is 0 Å². The van der Waals surface area contributed by atoms with E-state index in [1.165, 1.54) is 6.33 Å². The number of carbonyl (C=O) groups excluding carboxylic acids is 1. The highest BCUT2D eigenvalue weighted by Crippen LogP contribution is 2.36. The summed E-state index contributed by atoms with van der Waals surface area (Å²) in [6.45, 7) is 1.92. The van der Waals surface area contributed by atoms with Crippen LogP contribution in [-0.4, -0.2) is 43.0 Å². The molecule has 2 aliphatic rings. The Kier molecular flexibility index (Phi) is 4.01. The van der Waals surface area contributed by atoms with Crippen LogP contribution in [0.3, 0.4) is 0 Å². The van der Waals surface area contributed by atoms with Crippen molar-refractivity contribution in [1.29, 1.82) is 0 Å². The third kappa shape index (κ3) is 3.00. The third-order valence-electron chi connectivity index (χ3n) is 5.99. The molecule has 0 aromatic carbocycles. The van der Waals surface area contributed by atoms with Crippen LogP contribution in [0, 0.1) is 5.92 Å². The van der Waals surface area contributed by atoms with Gasteiger partial charge in [0.15, 0.2) is 0 Å². The molecule has 0 saturated carbocycles. The molecule has 29 heavy (non-hydrogen) atoms. The summed E-state index contributed by atoms with van der Waals surface area (Å²) in [6.07, 6.45) is 4.26. The van der Waals surface area contributed by atoms with E-state index in [2.05, 4.69) is 9.97 Å². The third-order valence-corrected chi connectivity index (χ3v) is 5.99. The zero-order valence-electron chi connectivity index (χ0n) is 16.2. The van der Waals surface area contributed by atoms with Crippen LogP contribution in [0.15, 0.2) is 47.7 Å². The van der Waals surface area contributed by atoms with Gasteiger partial charge in [-0.3, -0.25) is 9.59 Å². The minimum atomic E-state index is -0.0356. The van der Waals surface area contributed by atoms with E-state index in [-0.39, 0.29) is 23.3 Å². The molecule has 2 N–H and O–H groups in total. The molecular formula is C21H22N6O2. The van der Waals surface area contributed by atoms with Crippen LogP contribution in [0.25, 0.3) is 11.3 Å². The van der Waals surface area contributed by atoms with Gasteiger partial charge in [-0.25, -0.2) is 9.97 Å². The van der Waals surface area contributed by atoms with Gasteiger partial charge in [0, 0.05) is 62.2 Å². The summed E-state index contributed by atoms with van der Waals surface area (Å²) in [7, 11) is 1.88. The van der Waals surface area contributed by atoms with E-state index in [0.717, 1.165) is 17.7 Å². The van der Waals surface area contributed by atoms with Crippen LogP contribution >= 0.6 is 0 Å². The number of amides is 1. The molecule has 0 aliphatic carbocycles. The molecule has 5 heterocycles. The van der Waals surface area contributed by atoms with Gasteiger partial charge in [0.2, 0.25) is 0 Å². The molecule has 2 aliphatic heterocycles. The van der Waals surface area contributed by atoms with Crippen molar-refractivity contribution >= 4 is 11.7 Å². The second-order valence-electron chi connectivity index (χ2n) is 7.96. The number of pyridine rings is 1. The quantitative estimate of drug-likeness (QED) is 0.715. The van der Waals surface area contributed by atoms with Crippen molar-refractivity contribution in [3.05, 3.63) is 64.6 Å². The Bertz CT molecular complexity index is 1160. The maximum Gasteiger partial charge on any atom is 0.270 e. The van der Waals surface area contributed by atoms with E-state index >= 15 is 0 Å². The Labute approximate surface area is 167 Å². The van der Waals surface area contributed by atoms with E-state index in [9.17, 15) is 9.59 Å². The van der Waals surface area contributed by atoms with Gasteiger partial charge >= 0.3 is 0 Å². The number of nitrogens with two attached hydrogens (primary N) is 1. The Hall–Kier alpha value is -3.42. The lowest BCUT2D eigenvalue weighted by Gasteiger charge is -2.43. The van der Waals surface area contributed by atoms with Gasteiger partial charge in [-0.2, -0.15) is 0 Å². The molecule has 2 bridgehead atoms. The first kappa shape index (κ1) is 17.7. The van der Waals surface area contributed by atoms with Crippen molar-refractivity contribution in [2.45, 2.75) is 18.9 Å². The van der Waals surface area contributed by atoms with Crippen LogP contribution < -0.4 is 11.3 Å². The summed E-state index contributed by atoms with van der Waals surface area (Å²) in [6, 6.07) is 9.03. The predicted octanol–water partition coefficient (Wildman–Crippen LogP) is 1.49. The van der Waals surface area contributed by atoms with E-state index in [1.54, 1.807) is 12.1 Å². The van der Waals surface area contributed by atoms with Crippen molar-refractivity contribution in [2.24, 2.45) is 13.0 Å². The lowest BCUT2D eigenvalue weighted by Crippen LogP contribution is -2.49. The van der Waals surface area contributed by atoms with E-state index in [4.69, 9.17) is 5.73 Å². The second kappa shape index (κ2) is 6.58. The number of likely N-dealkylation sites (tertiary alicyclic amines) is 1. The zero-order chi connectivity index (χ0) is 20.1. The molecule has 3 aromatic heterocycles. The Morgan fingerprint density at radius 1 is 1.17 bits per heavy atom. The van der Waals surface area contributed by atoms with Crippen molar-refractivity contribution < 1.29 is 4.79 Å². The van der Waals surface area contributed by atoms with E-state index in [1.807, 2.05) is 45.5 Å². The van der Waals surface area contributed by atoms with Gasteiger partial charge in [-0.05, 0) is 30.5 Å². The van der Waals surface area contributed by atoms with Crippen molar-refractivity contribution in [2.75, 3.05) is 18.8 Å². The fourth-order valence-corrected chi connectivity index (χ4v) is 4.65. The average Bonchev–Trinajstić information content (AvgIpc) is 3.14. The maximum absolute atomic E-state index is 13.0. The van der Waals surface area contributed by atoms with Crippen LogP contribution in [0.4, 0.5) is 5.82 Å². The normalized spacial score (nSPS) is 20.4. The molecule has 0 spiro atoms. The number of carbonyl (C=O) groups is 1. The predicted molar refractivity (Wildman–Crippen MR) is 108 cm³/mol. The molecule has 5 rings (SSSR count). The van der Waals surface area contributed by atoms with Gasteiger partial charge in [0.05, 0.1) is 5.69 Å². The number of aromatic nitrogens is 4. The lowest BCUT2D eigenvalue weighted by atomic mass is 9.82. The number of nitrogen functional groups attached to an aromatic ring is 1. The van der Waals surface area contributed by atoms with Crippen molar-refractivity contribution in [3.8, 4) is 11.3 Å². The van der Waals surface area contributed by atoms with Crippen LogP contribution in [-0.2, 0) is 13.6 Å². The molecular weight excluding hydrogens is 368 g/mol. The molecule has 0 radical (unpaired) electrons. The van der Waals surface area contributed by atoms with Crippen molar-refractivity contribution in [3.63, 3.8) is 0 Å². The molecule has 148 valence electrons. The molecule has 8 heteroatoms.